The van der Waals surface area contributed by atoms with Crippen LogP contribution >= 0.6 is 12.2 Å². The quantitative estimate of drug-likeness (QED) is 0.859. The molecule has 5 nitrogen and oxygen atoms in total. The molecule has 0 aliphatic heterocycles. The molecule has 0 unspecified atom stereocenters. The molecule has 0 fully saturated rings. The fraction of sp³-hybridized carbons (Fsp3) is 0.250. The zero-order valence-electron chi connectivity index (χ0n) is 10.1. The number of nitrogens with one attached hydrogen (secondary N) is 1. The molecule has 2 aromatic rings. The van der Waals surface area contributed by atoms with Gasteiger partial charge in [0.15, 0.2) is 0 Å². The Bertz CT molecular complexity index is 598. The van der Waals surface area contributed by atoms with Crippen LogP contribution in [0.4, 0.5) is 0 Å². The second-order valence-electron chi connectivity index (χ2n) is 3.45. The molecule has 1 N–H and O–H groups in total. The molecule has 0 saturated carbocycles. The maximum atomic E-state index is 5.44. The molecule has 0 amide bonds. The molecule has 1 aromatic carbocycles. The summed E-state index contributed by atoms with van der Waals surface area (Å²) >= 11 is 4.98. The van der Waals surface area contributed by atoms with E-state index < -0.39 is 0 Å². The number of aromatic nitrogens is 3. The van der Waals surface area contributed by atoms with Crippen molar-refractivity contribution >= 4 is 12.2 Å². The average molecular weight is 263 g/mol. The highest BCUT2D eigenvalue weighted by Crippen LogP contribution is 2.21. The van der Waals surface area contributed by atoms with Crippen LogP contribution in [0.25, 0.3) is 11.4 Å². The first kappa shape index (κ1) is 12.5. The first-order valence-electron chi connectivity index (χ1n) is 5.48. The molecule has 0 bridgehead atoms. The number of nitrogens with zero attached hydrogens (tertiary/aromatic N) is 2. The van der Waals surface area contributed by atoms with E-state index in [1.54, 1.807) is 0 Å². The summed E-state index contributed by atoms with van der Waals surface area (Å²) in [5.41, 5.74) is 0.868. The van der Waals surface area contributed by atoms with E-state index in [1.807, 2.05) is 31.2 Å². The van der Waals surface area contributed by atoms with Crippen molar-refractivity contribution in [2.45, 2.75) is 6.92 Å². The van der Waals surface area contributed by atoms with Crippen molar-refractivity contribution in [3.05, 3.63) is 29.0 Å². The molecule has 2 rings (SSSR count). The van der Waals surface area contributed by atoms with Gasteiger partial charge in [0.2, 0.25) is 4.77 Å². The molecule has 0 atom stereocenters. The Hall–Kier alpha value is -1.95. The minimum atomic E-state index is 0.238. The van der Waals surface area contributed by atoms with Crippen molar-refractivity contribution in [2.75, 3.05) is 13.7 Å². The van der Waals surface area contributed by atoms with Crippen LogP contribution in [0.2, 0.25) is 0 Å². The smallest absolute Gasteiger partial charge is 0.297 e. The number of benzene rings is 1. The Balaban J connectivity index is 2.44. The van der Waals surface area contributed by atoms with Crippen LogP contribution in [-0.2, 0) is 0 Å². The molecule has 6 heteroatoms. The summed E-state index contributed by atoms with van der Waals surface area (Å²) in [6, 6.07) is 7.92. The molecule has 1 heterocycles. The van der Waals surface area contributed by atoms with Crippen LogP contribution in [-0.4, -0.2) is 28.7 Å². The standard InChI is InChI=1S/C12H13N3O2S/c1-3-17-9-6-4-5-8(7-9)10-13-11(16-2)15-12(18)14-10/h4-7H,3H2,1-2H3,(H,13,14,15,18). The second-order valence-corrected chi connectivity index (χ2v) is 3.82. The summed E-state index contributed by atoms with van der Waals surface area (Å²) in [5, 5.41) is 0. The molecule has 0 saturated heterocycles. The van der Waals surface area contributed by atoms with Gasteiger partial charge in [0.1, 0.15) is 11.6 Å². The average Bonchev–Trinajstić information content (AvgIpc) is 2.39. The van der Waals surface area contributed by atoms with Crippen molar-refractivity contribution in [1.82, 2.24) is 15.0 Å². The summed E-state index contributed by atoms with van der Waals surface area (Å²) in [5.74, 6) is 1.39. The SMILES string of the molecule is CCOc1cccc(-c2nc(=S)nc(OC)[nH]2)c1. The van der Waals surface area contributed by atoms with Gasteiger partial charge < -0.3 is 9.47 Å². The highest BCUT2D eigenvalue weighted by Gasteiger charge is 2.05. The number of aromatic amines is 1. The van der Waals surface area contributed by atoms with Gasteiger partial charge >= 0.3 is 0 Å². The van der Waals surface area contributed by atoms with E-state index >= 15 is 0 Å². The molecule has 0 radical (unpaired) electrons. The van der Waals surface area contributed by atoms with Crippen molar-refractivity contribution in [3.8, 4) is 23.1 Å². The van der Waals surface area contributed by atoms with Crippen LogP contribution < -0.4 is 9.47 Å². The summed E-state index contributed by atoms with van der Waals surface area (Å²) in [4.78, 5) is 11.1. The minimum absolute atomic E-state index is 0.238. The number of hydrogen-bond donors (Lipinski definition) is 1. The van der Waals surface area contributed by atoms with Gasteiger partial charge in [0.05, 0.1) is 13.7 Å². The highest BCUT2D eigenvalue weighted by atomic mass is 32.1. The monoisotopic (exact) mass is 263 g/mol. The number of H-pyrrole nitrogens is 1. The Kier molecular flexibility index (Phi) is 3.88. The highest BCUT2D eigenvalue weighted by molar-refractivity contribution is 7.71. The normalized spacial score (nSPS) is 10.1. The van der Waals surface area contributed by atoms with E-state index in [4.69, 9.17) is 21.7 Å². The molecule has 0 aliphatic carbocycles. The lowest BCUT2D eigenvalue weighted by Gasteiger charge is -2.06. The Morgan fingerprint density at radius 1 is 1.33 bits per heavy atom. The predicted octanol–water partition coefficient (Wildman–Crippen LogP) is 2.61. The van der Waals surface area contributed by atoms with Crippen LogP contribution in [0, 0.1) is 4.77 Å². The molecule has 0 spiro atoms. The van der Waals surface area contributed by atoms with Gasteiger partial charge in [-0.3, -0.25) is 4.98 Å². The first-order chi connectivity index (χ1) is 8.72. The number of hydrogen-bond acceptors (Lipinski definition) is 5. The number of ether oxygens (including phenoxy) is 2. The van der Waals surface area contributed by atoms with Crippen molar-refractivity contribution in [2.24, 2.45) is 0 Å². The molecular weight excluding hydrogens is 250 g/mol. The Labute approximate surface area is 110 Å². The van der Waals surface area contributed by atoms with Crippen molar-refractivity contribution < 1.29 is 9.47 Å². The second kappa shape index (κ2) is 5.59. The van der Waals surface area contributed by atoms with Crippen molar-refractivity contribution in [1.29, 1.82) is 0 Å². The third-order valence-electron chi connectivity index (χ3n) is 2.24. The predicted molar refractivity (Wildman–Crippen MR) is 70.4 cm³/mol. The van der Waals surface area contributed by atoms with E-state index in [9.17, 15) is 0 Å². The lowest BCUT2D eigenvalue weighted by atomic mass is 10.2. The first-order valence-corrected chi connectivity index (χ1v) is 5.89. The lowest BCUT2D eigenvalue weighted by molar-refractivity contribution is 0.340. The number of methoxy groups -OCH3 is 1. The topological polar surface area (TPSA) is 60.0 Å². The van der Waals surface area contributed by atoms with E-state index in [-0.39, 0.29) is 4.77 Å². The molecule has 94 valence electrons. The maximum Gasteiger partial charge on any atom is 0.297 e. The fourth-order valence-corrected chi connectivity index (χ4v) is 1.67. The number of rotatable bonds is 4. The van der Waals surface area contributed by atoms with E-state index in [2.05, 4.69) is 15.0 Å². The van der Waals surface area contributed by atoms with Crippen LogP contribution in [0.3, 0.4) is 0 Å². The largest absolute Gasteiger partial charge is 0.494 e. The fourth-order valence-electron chi connectivity index (χ4n) is 1.50. The van der Waals surface area contributed by atoms with Gasteiger partial charge in [0.25, 0.3) is 6.01 Å². The Morgan fingerprint density at radius 3 is 2.89 bits per heavy atom. The van der Waals surface area contributed by atoms with E-state index in [0.29, 0.717) is 18.4 Å². The van der Waals surface area contributed by atoms with E-state index in [0.717, 1.165) is 11.3 Å². The summed E-state index contributed by atoms with van der Waals surface area (Å²) in [6.07, 6.45) is 0. The zero-order chi connectivity index (χ0) is 13.0. The molecule has 18 heavy (non-hydrogen) atoms. The zero-order valence-corrected chi connectivity index (χ0v) is 11.0. The van der Waals surface area contributed by atoms with Gasteiger partial charge in [0, 0.05) is 5.56 Å². The van der Waals surface area contributed by atoms with Gasteiger partial charge in [-0.1, -0.05) is 12.1 Å². The minimum Gasteiger partial charge on any atom is -0.494 e. The van der Waals surface area contributed by atoms with Crippen LogP contribution in [0.5, 0.6) is 11.8 Å². The summed E-state index contributed by atoms with van der Waals surface area (Å²) in [7, 11) is 1.52. The molecule has 1 aromatic heterocycles. The molecule has 0 aliphatic rings. The maximum absolute atomic E-state index is 5.44. The van der Waals surface area contributed by atoms with Gasteiger partial charge in [-0.2, -0.15) is 4.98 Å². The van der Waals surface area contributed by atoms with Gasteiger partial charge in [-0.25, -0.2) is 4.98 Å². The third-order valence-corrected chi connectivity index (χ3v) is 2.42. The van der Waals surface area contributed by atoms with Gasteiger partial charge in [-0.15, -0.1) is 0 Å². The summed E-state index contributed by atoms with van der Waals surface area (Å²) in [6.45, 7) is 2.56. The third kappa shape index (κ3) is 2.84. The molecular formula is C12H13N3O2S. The van der Waals surface area contributed by atoms with Crippen molar-refractivity contribution in [3.63, 3.8) is 0 Å². The van der Waals surface area contributed by atoms with E-state index in [1.165, 1.54) is 7.11 Å². The van der Waals surface area contributed by atoms with Crippen LogP contribution in [0.15, 0.2) is 24.3 Å². The van der Waals surface area contributed by atoms with Crippen LogP contribution in [0.1, 0.15) is 6.92 Å². The van der Waals surface area contributed by atoms with Gasteiger partial charge in [-0.05, 0) is 31.3 Å². The summed E-state index contributed by atoms with van der Waals surface area (Å²) < 4.78 is 10.7. The Morgan fingerprint density at radius 2 is 2.17 bits per heavy atom. The lowest BCUT2D eigenvalue weighted by Crippen LogP contribution is -1.98.